The summed E-state index contributed by atoms with van der Waals surface area (Å²) < 4.78 is 11.3. The molecular weight excluding hydrogens is 338 g/mol. The zero-order valence-electron chi connectivity index (χ0n) is 15.1. The first-order valence-corrected chi connectivity index (χ1v) is 8.74. The molecule has 2 aromatic carbocycles. The number of amides is 1. The molecule has 0 bridgehead atoms. The summed E-state index contributed by atoms with van der Waals surface area (Å²) in [4.78, 5) is 12.6. The van der Waals surface area contributed by atoms with Crippen LogP contribution in [0.4, 0.5) is 5.69 Å². The summed E-state index contributed by atoms with van der Waals surface area (Å²) >= 11 is 6.11. The molecule has 2 aromatic rings. The van der Waals surface area contributed by atoms with E-state index in [2.05, 4.69) is 5.32 Å². The van der Waals surface area contributed by atoms with Crippen LogP contribution in [0, 0.1) is 6.92 Å². The highest BCUT2D eigenvalue weighted by molar-refractivity contribution is 6.31. The molecule has 0 aliphatic carbocycles. The number of benzene rings is 2. The van der Waals surface area contributed by atoms with Crippen LogP contribution in [-0.2, 0) is 11.3 Å². The number of rotatable bonds is 7. The summed E-state index contributed by atoms with van der Waals surface area (Å²) in [5.41, 5.74) is 2.94. The van der Waals surface area contributed by atoms with Gasteiger partial charge in [0.15, 0.2) is 0 Å². The molecule has 134 valence electrons. The molecule has 0 heterocycles. The number of halogens is 1. The van der Waals surface area contributed by atoms with Gasteiger partial charge in [-0.1, -0.05) is 17.7 Å². The second-order valence-electron chi connectivity index (χ2n) is 5.98. The van der Waals surface area contributed by atoms with E-state index in [1.807, 2.05) is 52.0 Å². The van der Waals surface area contributed by atoms with E-state index >= 15 is 0 Å². The summed E-state index contributed by atoms with van der Waals surface area (Å²) in [6.07, 6.45) is 0.0982. The van der Waals surface area contributed by atoms with Gasteiger partial charge in [-0.25, -0.2) is 0 Å². The largest absolute Gasteiger partial charge is 0.494 e. The van der Waals surface area contributed by atoms with Crippen molar-refractivity contribution in [1.29, 1.82) is 0 Å². The number of nitrogens with one attached hydrogen (secondary N) is 1. The van der Waals surface area contributed by atoms with E-state index in [4.69, 9.17) is 21.1 Å². The van der Waals surface area contributed by atoms with Crippen molar-refractivity contribution < 1.29 is 14.3 Å². The van der Waals surface area contributed by atoms with Gasteiger partial charge in [0.1, 0.15) is 5.75 Å². The lowest BCUT2D eigenvalue weighted by molar-refractivity contribution is 0.0641. The van der Waals surface area contributed by atoms with Crippen LogP contribution in [0.5, 0.6) is 5.75 Å². The van der Waals surface area contributed by atoms with Crippen molar-refractivity contribution in [1.82, 2.24) is 0 Å². The van der Waals surface area contributed by atoms with Gasteiger partial charge in [-0.3, -0.25) is 4.79 Å². The van der Waals surface area contributed by atoms with Gasteiger partial charge in [0.05, 0.1) is 19.3 Å². The third kappa shape index (κ3) is 5.21. The van der Waals surface area contributed by atoms with E-state index in [1.165, 1.54) is 0 Å². The van der Waals surface area contributed by atoms with Crippen molar-refractivity contribution >= 4 is 23.2 Å². The lowest BCUT2D eigenvalue weighted by Gasteiger charge is -2.15. The van der Waals surface area contributed by atoms with Crippen LogP contribution in [0.25, 0.3) is 0 Å². The van der Waals surface area contributed by atoms with Crippen molar-refractivity contribution in [3.8, 4) is 5.75 Å². The summed E-state index contributed by atoms with van der Waals surface area (Å²) in [6.45, 7) is 8.69. The minimum atomic E-state index is -0.195. The number of hydrogen-bond donors (Lipinski definition) is 1. The highest BCUT2D eigenvalue weighted by Gasteiger charge is 2.13. The lowest BCUT2D eigenvalue weighted by Crippen LogP contribution is -2.14. The van der Waals surface area contributed by atoms with Crippen LogP contribution in [0.1, 0.15) is 42.3 Å². The number of anilines is 1. The Labute approximate surface area is 154 Å². The Morgan fingerprint density at radius 2 is 2.00 bits per heavy atom. The van der Waals surface area contributed by atoms with Gasteiger partial charge in [0, 0.05) is 21.8 Å². The first-order chi connectivity index (χ1) is 11.9. The zero-order valence-corrected chi connectivity index (χ0v) is 15.8. The third-order valence-corrected chi connectivity index (χ3v) is 4.12. The van der Waals surface area contributed by atoms with E-state index in [0.717, 1.165) is 16.9 Å². The number of carbonyl (C=O) groups excluding carboxylic acids is 1. The SMILES string of the molecule is CCOc1ccc(C(=O)Nc2cccc(Cl)c2C)cc1COC(C)C. The van der Waals surface area contributed by atoms with Crippen LogP contribution < -0.4 is 10.1 Å². The normalized spacial score (nSPS) is 10.8. The molecule has 5 heteroatoms. The molecule has 2 rings (SSSR count). The maximum Gasteiger partial charge on any atom is 0.255 e. The Balaban J connectivity index is 2.23. The molecule has 25 heavy (non-hydrogen) atoms. The van der Waals surface area contributed by atoms with Gasteiger partial charge in [0.25, 0.3) is 5.91 Å². The molecule has 0 fully saturated rings. The maximum absolute atomic E-state index is 12.6. The Morgan fingerprint density at radius 1 is 1.24 bits per heavy atom. The third-order valence-electron chi connectivity index (χ3n) is 3.71. The van der Waals surface area contributed by atoms with Crippen LogP contribution in [0.3, 0.4) is 0 Å². The number of ether oxygens (including phenoxy) is 2. The summed E-state index contributed by atoms with van der Waals surface area (Å²) in [6, 6.07) is 10.8. The fourth-order valence-corrected chi connectivity index (χ4v) is 2.50. The van der Waals surface area contributed by atoms with Gasteiger partial charge in [0.2, 0.25) is 0 Å². The van der Waals surface area contributed by atoms with Crippen LogP contribution >= 0.6 is 11.6 Å². The summed E-state index contributed by atoms with van der Waals surface area (Å²) in [5.74, 6) is 0.540. The van der Waals surface area contributed by atoms with E-state index < -0.39 is 0 Å². The van der Waals surface area contributed by atoms with Crippen molar-refractivity contribution in [2.45, 2.75) is 40.4 Å². The molecule has 1 N–H and O–H groups in total. The average molecular weight is 362 g/mol. The molecule has 0 aromatic heterocycles. The molecular formula is C20H24ClNO3. The predicted octanol–water partition coefficient (Wildman–Crippen LogP) is 5.22. The van der Waals surface area contributed by atoms with Gasteiger partial charge in [-0.2, -0.15) is 0 Å². The minimum absolute atomic E-state index is 0.0982. The topological polar surface area (TPSA) is 47.6 Å². The molecule has 0 atom stereocenters. The Bertz CT molecular complexity index is 744. The van der Waals surface area contributed by atoms with Crippen LogP contribution in [-0.4, -0.2) is 18.6 Å². The zero-order chi connectivity index (χ0) is 18.4. The van der Waals surface area contributed by atoms with Gasteiger partial charge in [-0.15, -0.1) is 0 Å². The Morgan fingerprint density at radius 3 is 2.68 bits per heavy atom. The highest BCUT2D eigenvalue weighted by Crippen LogP contribution is 2.25. The number of hydrogen-bond acceptors (Lipinski definition) is 3. The second kappa shape index (κ2) is 8.88. The molecule has 0 saturated heterocycles. The van der Waals surface area contributed by atoms with E-state index in [0.29, 0.717) is 29.5 Å². The van der Waals surface area contributed by atoms with Crippen molar-refractivity contribution in [3.63, 3.8) is 0 Å². The average Bonchev–Trinajstić information content (AvgIpc) is 2.58. The van der Waals surface area contributed by atoms with E-state index in [9.17, 15) is 4.79 Å². The monoisotopic (exact) mass is 361 g/mol. The highest BCUT2D eigenvalue weighted by atomic mass is 35.5. The molecule has 0 aliphatic rings. The van der Waals surface area contributed by atoms with Crippen molar-refractivity contribution in [3.05, 3.63) is 58.1 Å². The molecule has 0 aliphatic heterocycles. The Hall–Kier alpha value is -2.04. The fraction of sp³-hybridized carbons (Fsp3) is 0.350. The standard InChI is InChI=1S/C20H24ClNO3/c1-5-24-19-10-9-15(11-16(19)12-25-13(2)3)20(23)22-18-8-6-7-17(21)14(18)4/h6-11,13H,5,12H2,1-4H3,(H,22,23). The molecule has 4 nitrogen and oxygen atoms in total. The fourth-order valence-electron chi connectivity index (χ4n) is 2.32. The predicted molar refractivity (Wildman–Crippen MR) is 102 cm³/mol. The van der Waals surface area contributed by atoms with Crippen molar-refractivity contribution in [2.75, 3.05) is 11.9 Å². The molecule has 0 unspecified atom stereocenters. The van der Waals surface area contributed by atoms with Gasteiger partial charge >= 0.3 is 0 Å². The molecule has 1 amide bonds. The second-order valence-corrected chi connectivity index (χ2v) is 6.39. The van der Waals surface area contributed by atoms with Crippen LogP contribution in [0.15, 0.2) is 36.4 Å². The lowest BCUT2D eigenvalue weighted by atomic mass is 10.1. The van der Waals surface area contributed by atoms with Crippen LogP contribution in [0.2, 0.25) is 5.02 Å². The van der Waals surface area contributed by atoms with Gasteiger partial charge in [-0.05, 0) is 63.6 Å². The molecule has 0 saturated carbocycles. The van der Waals surface area contributed by atoms with Crippen molar-refractivity contribution in [2.24, 2.45) is 0 Å². The molecule has 0 radical (unpaired) electrons. The van der Waals surface area contributed by atoms with Gasteiger partial charge < -0.3 is 14.8 Å². The quantitative estimate of drug-likeness (QED) is 0.735. The summed E-state index contributed by atoms with van der Waals surface area (Å²) in [5, 5.41) is 3.53. The minimum Gasteiger partial charge on any atom is -0.494 e. The summed E-state index contributed by atoms with van der Waals surface area (Å²) in [7, 11) is 0. The molecule has 0 spiro atoms. The van der Waals surface area contributed by atoms with E-state index in [1.54, 1.807) is 12.1 Å². The Kier molecular flexibility index (Phi) is 6.85. The first kappa shape index (κ1) is 19.3. The maximum atomic E-state index is 12.6. The smallest absolute Gasteiger partial charge is 0.255 e. The van der Waals surface area contributed by atoms with E-state index in [-0.39, 0.29) is 12.0 Å². The first-order valence-electron chi connectivity index (χ1n) is 8.36. The number of carbonyl (C=O) groups is 1.